The van der Waals surface area contributed by atoms with Crippen molar-refractivity contribution in [1.29, 1.82) is 0 Å². The summed E-state index contributed by atoms with van der Waals surface area (Å²) in [6.07, 6.45) is -4.73. The Morgan fingerprint density at radius 1 is 1.00 bits per heavy atom. The Balaban J connectivity index is 2.53. The molecule has 2 rings (SSSR count). The van der Waals surface area contributed by atoms with E-state index in [-0.39, 0.29) is 5.75 Å². The molecule has 5 heteroatoms. The van der Waals surface area contributed by atoms with E-state index in [1.165, 1.54) is 12.1 Å². The highest BCUT2D eigenvalue weighted by molar-refractivity contribution is 5.80. The molecule has 0 aromatic heterocycles. The van der Waals surface area contributed by atoms with Gasteiger partial charge in [-0.3, -0.25) is 0 Å². The van der Waals surface area contributed by atoms with Crippen molar-refractivity contribution in [1.82, 2.24) is 0 Å². The predicted octanol–water partition coefficient (Wildman–Crippen LogP) is 4.14. The van der Waals surface area contributed by atoms with Gasteiger partial charge in [0.25, 0.3) is 0 Å². The van der Waals surface area contributed by atoms with Crippen molar-refractivity contribution in [3.8, 4) is 16.9 Å². The third kappa shape index (κ3) is 3.19. The summed E-state index contributed by atoms with van der Waals surface area (Å²) in [6, 6.07) is 11.1. The van der Waals surface area contributed by atoms with E-state index in [0.717, 1.165) is 5.56 Å². The van der Waals surface area contributed by atoms with Gasteiger partial charge in [0.15, 0.2) is 0 Å². The minimum absolute atomic E-state index is 0.257. The number of hydrogen-bond acceptors (Lipinski definition) is 2. The maximum Gasteiger partial charge on any atom is 0.573 e. The first-order chi connectivity index (χ1) is 8.87. The number of alkyl halides is 3. The Hall–Kier alpha value is -2.17. The van der Waals surface area contributed by atoms with Gasteiger partial charge in [0.05, 0.1) is 0 Å². The molecule has 19 heavy (non-hydrogen) atoms. The zero-order valence-corrected chi connectivity index (χ0v) is 10.2. The monoisotopic (exact) mass is 267 g/mol. The molecular formula is C14H12F3NO. The fourth-order valence-electron chi connectivity index (χ4n) is 1.81. The lowest BCUT2D eigenvalue weighted by atomic mass is 10.0. The minimum Gasteiger partial charge on any atom is -0.405 e. The van der Waals surface area contributed by atoms with Gasteiger partial charge in [0.1, 0.15) is 5.75 Å². The molecule has 0 aliphatic carbocycles. The summed E-state index contributed by atoms with van der Waals surface area (Å²) < 4.78 is 41.1. The summed E-state index contributed by atoms with van der Waals surface area (Å²) in [6.45, 7) is 1.84. The SMILES string of the molecule is Cc1ccc(N)c(-c2ccccc2OC(F)(F)F)c1. The van der Waals surface area contributed by atoms with Crippen molar-refractivity contribution < 1.29 is 17.9 Å². The maximum atomic E-state index is 12.4. The summed E-state index contributed by atoms with van der Waals surface area (Å²) in [5, 5.41) is 0. The van der Waals surface area contributed by atoms with Crippen molar-refractivity contribution in [3.63, 3.8) is 0 Å². The molecule has 2 nitrogen and oxygen atoms in total. The van der Waals surface area contributed by atoms with Crippen LogP contribution in [0.15, 0.2) is 42.5 Å². The Morgan fingerprint density at radius 2 is 1.68 bits per heavy atom. The van der Waals surface area contributed by atoms with Crippen molar-refractivity contribution in [2.45, 2.75) is 13.3 Å². The fourth-order valence-corrected chi connectivity index (χ4v) is 1.81. The van der Waals surface area contributed by atoms with Crippen LogP contribution < -0.4 is 10.5 Å². The van der Waals surface area contributed by atoms with Crippen molar-refractivity contribution in [2.24, 2.45) is 0 Å². The highest BCUT2D eigenvalue weighted by Gasteiger charge is 2.32. The summed E-state index contributed by atoms with van der Waals surface area (Å²) in [7, 11) is 0. The van der Waals surface area contributed by atoms with E-state index in [4.69, 9.17) is 5.73 Å². The zero-order chi connectivity index (χ0) is 14.0. The molecule has 0 heterocycles. The molecule has 0 aliphatic heterocycles. The van der Waals surface area contributed by atoms with Crippen LogP contribution in [-0.2, 0) is 0 Å². The molecule has 0 radical (unpaired) electrons. The topological polar surface area (TPSA) is 35.2 Å². The smallest absolute Gasteiger partial charge is 0.405 e. The highest BCUT2D eigenvalue weighted by atomic mass is 19.4. The lowest BCUT2D eigenvalue weighted by Crippen LogP contribution is -2.17. The third-order valence-corrected chi connectivity index (χ3v) is 2.61. The number of ether oxygens (including phenoxy) is 1. The van der Waals surface area contributed by atoms with Gasteiger partial charge >= 0.3 is 6.36 Å². The van der Waals surface area contributed by atoms with Crippen molar-refractivity contribution >= 4 is 5.69 Å². The Labute approximate surface area is 108 Å². The van der Waals surface area contributed by atoms with Crippen molar-refractivity contribution in [2.75, 3.05) is 5.73 Å². The molecule has 2 aromatic carbocycles. The van der Waals surface area contributed by atoms with E-state index < -0.39 is 6.36 Å². The fraction of sp³-hybridized carbons (Fsp3) is 0.143. The third-order valence-electron chi connectivity index (χ3n) is 2.61. The van der Waals surface area contributed by atoms with E-state index in [1.807, 2.05) is 6.92 Å². The van der Waals surface area contributed by atoms with E-state index in [1.54, 1.807) is 30.3 Å². The second kappa shape index (κ2) is 4.84. The molecule has 0 fully saturated rings. The minimum atomic E-state index is -4.73. The number of hydrogen-bond donors (Lipinski definition) is 1. The first kappa shape index (κ1) is 13.3. The van der Waals surface area contributed by atoms with Crippen LogP contribution >= 0.6 is 0 Å². The van der Waals surface area contributed by atoms with Gasteiger partial charge < -0.3 is 10.5 Å². The largest absolute Gasteiger partial charge is 0.573 e. The van der Waals surface area contributed by atoms with Crippen molar-refractivity contribution in [3.05, 3.63) is 48.0 Å². The quantitative estimate of drug-likeness (QED) is 0.830. The predicted molar refractivity (Wildman–Crippen MR) is 67.7 cm³/mol. The molecule has 0 saturated carbocycles. The molecular weight excluding hydrogens is 255 g/mol. The molecule has 2 N–H and O–H groups in total. The summed E-state index contributed by atoms with van der Waals surface area (Å²) in [5.74, 6) is -0.257. The maximum absolute atomic E-state index is 12.4. The molecule has 2 aromatic rings. The van der Waals surface area contributed by atoms with E-state index in [0.29, 0.717) is 16.8 Å². The number of nitrogens with two attached hydrogens (primary N) is 1. The van der Waals surface area contributed by atoms with Gasteiger partial charge in [-0.1, -0.05) is 29.8 Å². The Morgan fingerprint density at radius 3 is 2.37 bits per heavy atom. The van der Waals surface area contributed by atoms with Crippen LogP contribution in [0, 0.1) is 6.92 Å². The van der Waals surface area contributed by atoms with Gasteiger partial charge in [-0.05, 0) is 25.1 Å². The number of halogens is 3. The van der Waals surface area contributed by atoms with Gasteiger partial charge in [0, 0.05) is 16.8 Å². The van der Waals surface area contributed by atoms with E-state index in [9.17, 15) is 13.2 Å². The van der Waals surface area contributed by atoms with Crippen LogP contribution in [0.1, 0.15) is 5.56 Å². The van der Waals surface area contributed by atoms with Crippen LogP contribution in [0.4, 0.5) is 18.9 Å². The Bertz CT molecular complexity index is 593. The second-order valence-corrected chi connectivity index (χ2v) is 4.13. The molecule has 0 bridgehead atoms. The molecule has 0 unspecified atom stereocenters. The Kier molecular flexibility index (Phi) is 3.38. The summed E-state index contributed by atoms with van der Waals surface area (Å²) in [5.41, 5.74) is 7.98. The highest BCUT2D eigenvalue weighted by Crippen LogP contribution is 2.36. The first-order valence-electron chi connectivity index (χ1n) is 5.58. The number of benzene rings is 2. The van der Waals surface area contributed by atoms with Crippen LogP contribution in [0.3, 0.4) is 0 Å². The standard InChI is InChI=1S/C14H12F3NO/c1-9-6-7-12(18)11(8-9)10-4-2-3-5-13(10)19-14(15,16)17/h2-8H,18H2,1H3. The lowest BCUT2D eigenvalue weighted by Gasteiger charge is -2.14. The molecule has 0 amide bonds. The van der Waals surface area contributed by atoms with Gasteiger partial charge in [-0.25, -0.2) is 0 Å². The normalized spacial score (nSPS) is 11.4. The van der Waals surface area contributed by atoms with E-state index in [2.05, 4.69) is 4.74 Å². The van der Waals surface area contributed by atoms with E-state index >= 15 is 0 Å². The zero-order valence-electron chi connectivity index (χ0n) is 10.2. The molecule has 0 saturated heterocycles. The van der Waals surface area contributed by atoms with Gasteiger partial charge in [-0.2, -0.15) is 0 Å². The summed E-state index contributed by atoms with van der Waals surface area (Å²) in [4.78, 5) is 0. The molecule has 0 aliphatic rings. The van der Waals surface area contributed by atoms with Gasteiger partial charge in [-0.15, -0.1) is 13.2 Å². The number of rotatable bonds is 2. The van der Waals surface area contributed by atoms with Crippen LogP contribution in [0.25, 0.3) is 11.1 Å². The van der Waals surface area contributed by atoms with Gasteiger partial charge in [0.2, 0.25) is 0 Å². The number of aryl methyl sites for hydroxylation is 1. The van der Waals surface area contributed by atoms with Crippen LogP contribution in [0.2, 0.25) is 0 Å². The number of para-hydroxylation sites is 1. The number of anilines is 1. The average molecular weight is 267 g/mol. The molecule has 100 valence electrons. The lowest BCUT2D eigenvalue weighted by molar-refractivity contribution is -0.274. The molecule has 0 spiro atoms. The van der Waals surface area contributed by atoms with Crippen LogP contribution in [-0.4, -0.2) is 6.36 Å². The average Bonchev–Trinajstić information content (AvgIpc) is 2.31. The molecule has 0 atom stereocenters. The first-order valence-corrected chi connectivity index (χ1v) is 5.58. The second-order valence-electron chi connectivity index (χ2n) is 4.13. The summed E-state index contributed by atoms with van der Waals surface area (Å²) >= 11 is 0. The number of nitrogen functional groups attached to an aromatic ring is 1. The van der Waals surface area contributed by atoms with Crippen LogP contribution in [0.5, 0.6) is 5.75 Å².